The van der Waals surface area contributed by atoms with Crippen LogP contribution < -0.4 is 19.5 Å². The smallest absolute Gasteiger partial charge is 0.142 e. The van der Waals surface area contributed by atoms with Crippen LogP contribution in [0, 0.1) is 16.7 Å². The Morgan fingerprint density at radius 1 is 0.962 bits per heavy atom. The molecule has 270 valence electrons. The maximum Gasteiger partial charge on any atom is 0.142 e. The number of likely N-dealkylation sites (tertiary alicyclic amines) is 1. The van der Waals surface area contributed by atoms with E-state index in [9.17, 15) is 9.65 Å². The van der Waals surface area contributed by atoms with Gasteiger partial charge in [-0.25, -0.2) is 4.39 Å². The maximum atomic E-state index is 13.3. The standard InChI is InChI=1S/C42H43Cl2FN4O3/c43-36-16-29(23-48-31-5-1-6-31)39(51-24-28-15-27(20-46)21-47-22-28)17-40(36)52-37-12-11-33-32(7-2-8-34(33)37)35-9-3-10-38(41(35)44)50-14-4-13-49-25-42(26-49)18-30(45)19-42/h2-3,7-10,15-17,21-22,30-31,37,48H,1,4-6,11-14,18-19,23-26H2/t37-/m0/s1. The van der Waals surface area contributed by atoms with Crippen LogP contribution in [0.5, 0.6) is 17.2 Å². The SMILES string of the molecule is N#Cc1cncc(COc2cc(O[C@H]3CCc4c(-c5cccc(OCCCN6CC7(CC(F)C7)C6)c5Cl)cccc43)c(Cl)cc2CNC2CCC2)c1. The summed E-state index contributed by atoms with van der Waals surface area (Å²) in [7, 11) is 0. The quantitative estimate of drug-likeness (QED) is 0.129. The molecule has 3 aliphatic carbocycles. The Balaban J connectivity index is 0.952. The van der Waals surface area contributed by atoms with Gasteiger partial charge in [-0.05, 0) is 79.8 Å². The molecule has 3 fully saturated rings. The Kier molecular flexibility index (Phi) is 10.3. The predicted molar refractivity (Wildman–Crippen MR) is 201 cm³/mol. The first-order chi connectivity index (χ1) is 25.4. The van der Waals surface area contributed by atoms with Crippen LogP contribution in [-0.4, -0.2) is 48.3 Å². The molecule has 0 radical (unpaired) electrons. The molecule has 2 saturated carbocycles. The number of alkyl halides is 1. The zero-order chi connectivity index (χ0) is 35.7. The van der Waals surface area contributed by atoms with Gasteiger partial charge in [0.15, 0.2) is 0 Å². The third-order valence-corrected chi connectivity index (χ3v) is 11.8. The van der Waals surface area contributed by atoms with E-state index in [4.69, 9.17) is 37.4 Å². The van der Waals surface area contributed by atoms with Crippen molar-refractivity contribution >= 4 is 23.2 Å². The van der Waals surface area contributed by atoms with E-state index in [0.29, 0.717) is 52.1 Å². The summed E-state index contributed by atoms with van der Waals surface area (Å²) in [6.45, 7) is 4.45. The Hall–Kier alpha value is -3.87. The number of nitrogens with zero attached hydrogens (tertiary/aromatic N) is 3. The summed E-state index contributed by atoms with van der Waals surface area (Å²) in [6.07, 6.45) is 10.1. The highest BCUT2D eigenvalue weighted by molar-refractivity contribution is 6.35. The van der Waals surface area contributed by atoms with Crippen molar-refractivity contribution in [2.45, 2.75) is 82.8 Å². The fourth-order valence-corrected chi connectivity index (χ4v) is 8.75. The van der Waals surface area contributed by atoms with Crippen molar-refractivity contribution in [2.75, 3.05) is 26.2 Å². The average Bonchev–Trinajstić information content (AvgIpc) is 3.51. The van der Waals surface area contributed by atoms with Crippen molar-refractivity contribution in [3.63, 3.8) is 0 Å². The van der Waals surface area contributed by atoms with Crippen LogP contribution in [0.4, 0.5) is 4.39 Å². The minimum absolute atomic E-state index is 0.190. The zero-order valence-electron chi connectivity index (χ0n) is 29.2. The van der Waals surface area contributed by atoms with Gasteiger partial charge in [0.1, 0.15) is 42.2 Å². The number of pyridine rings is 1. The molecule has 0 amide bonds. The molecule has 1 spiro atoms. The lowest BCUT2D eigenvalue weighted by Gasteiger charge is -2.57. The lowest BCUT2D eigenvalue weighted by molar-refractivity contribution is -0.102. The van der Waals surface area contributed by atoms with Crippen molar-refractivity contribution in [2.24, 2.45) is 5.41 Å². The minimum atomic E-state index is -0.595. The number of benzene rings is 3. The molecule has 3 aromatic carbocycles. The molecule has 0 unspecified atom stereocenters. The number of halogens is 3. The number of aromatic nitrogens is 1. The van der Waals surface area contributed by atoms with E-state index in [-0.39, 0.29) is 18.1 Å². The number of nitrogens with one attached hydrogen (secondary N) is 1. The highest BCUT2D eigenvalue weighted by Gasteiger charge is 2.52. The third-order valence-electron chi connectivity index (χ3n) is 11.2. The molecule has 1 aromatic heterocycles. The molecule has 1 saturated heterocycles. The van der Waals surface area contributed by atoms with Crippen molar-refractivity contribution in [3.8, 4) is 34.4 Å². The second-order valence-electron chi connectivity index (χ2n) is 14.9. The lowest BCUT2D eigenvalue weighted by Crippen LogP contribution is -2.62. The highest BCUT2D eigenvalue weighted by atomic mass is 35.5. The van der Waals surface area contributed by atoms with Crippen molar-refractivity contribution < 1.29 is 18.6 Å². The number of ether oxygens (including phenoxy) is 3. The van der Waals surface area contributed by atoms with E-state index in [1.54, 1.807) is 18.5 Å². The van der Waals surface area contributed by atoms with Crippen LogP contribution in [0.25, 0.3) is 11.1 Å². The predicted octanol–water partition coefficient (Wildman–Crippen LogP) is 9.42. The van der Waals surface area contributed by atoms with E-state index < -0.39 is 6.17 Å². The summed E-state index contributed by atoms with van der Waals surface area (Å²) < 4.78 is 32.5. The number of hydrogen-bond donors (Lipinski definition) is 1. The van der Waals surface area contributed by atoms with E-state index in [2.05, 4.69) is 39.5 Å². The Morgan fingerprint density at radius 3 is 2.58 bits per heavy atom. The van der Waals surface area contributed by atoms with Gasteiger partial charge < -0.3 is 24.4 Å². The van der Waals surface area contributed by atoms with Crippen molar-refractivity contribution in [1.29, 1.82) is 5.26 Å². The summed E-state index contributed by atoms with van der Waals surface area (Å²) in [5, 5.41) is 14.1. The molecule has 2 heterocycles. The number of nitriles is 1. The molecule has 0 bridgehead atoms. The average molecular weight is 742 g/mol. The van der Waals surface area contributed by atoms with Gasteiger partial charge in [-0.1, -0.05) is 60.0 Å². The molecule has 52 heavy (non-hydrogen) atoms. The van der Waals surface area contributed by atoms with E-state index in [0.717, 1.165) is 79.6 Å². The van der Waals surface area contributed by atoms with Gasteiger partial charge in [-0.3, -0.25) is 4.98 Å². The topological polar surface area (TPSA) is 79.6 Å². The molecular weight excluding hydrogens is 698 g/mol. The van der Waals surface area contributed by atoms with Crippen LogP contribution in [-0.2, 0) is 19.6 Å². The van der Waals surface area contributed by atoms with Gasteiger partial charge in [-0.15, -0.1) is 0 Å². The first-order valence-electron chi connectivity index (χ1n) is 18.5. The van der Waals surface area contributed by atoms with Crippen molar-refractivity contribution in [1.82, 2.24) is 15.2 Å². The van der Waals surface area contributed by atoms with Crippen LogP contribution in [0.2, 0.25) is 10.0 Å². The van der Waals surface area contributed by atoms with Gasteiger partial charge >= 0.3 is 0 Å². The number of fused-ring (bicyclic) bond motifs is 1. The molecule has 4 aliphatic rings. The van der Waals surface area contributed by atoms with Crippen molar-refractivity contribution in [3.05, 3.63) is 105 Å². The van der Waals surface area contributed by atoms with E-state index in [1.165, 1.54) is 24.8 Å². The summed E-state index contributed by atoms with van der Waals surface area (Å²) >= 11 is 13.9. The van der Waals surface area contributed by atoms with Gasteiger partial charge in [0.2, 0.25) is 0 Å². The van der Waals surface area contributed by atoms with Crippen LogP contribution in [0.1, 0.15) is 78.9 Å². The second-order valence-corrected chi connectivity index (χ2v) is 15.7. The molecule has 10 heteroatoms. The summed E-state index contributed by atoms with van der Waals surface area (Å²) in [5.74, 6) is 1.94. The fourth-order valence-electron chi connectivity index (χ4n) is 8.24. The number of hydrogen-bond acceptors (Lipinski definition) is 7. The van der Waals surface area contributed by atoms with Gasteiger partial charge in [0.05, 0.1) is 22.2 Å². The fraction of sp³-hybridized carbons (Fsp3) is 0.429. The van der Waals surface area contributed by atoms with Crippen LogP contribution in [0.3, 0.4) is 0 Å². The molecule has 1 N–H and O–H groups in total. The minimum Gasteiger partial charge on any atom is -0.492 e. The molecule has 8 rings (SSSR count). The molecule has 1 aliphatic heterocycles. The first kappa shape index (κ1) is 35.2. The Morgan fingerprint density at radius 2 is 1.79 bits per heavy atom. The second kappa shape index (κ2) is 15.2. The van der Waals surface area contributed by atoms with E-state index >= 15 is 0 Å². The number of rotatable bonds is 14. The summed E-state index contributed by atoms with van der Waals surface area (Å²) in [4.78, 5) is 6.58. The van der Waals surface area contributed by atoms with E-state index in [1.807, 2.05) is 30.3 Å². The Bertz CT molecular complexity index is 1970. The van der Waals surface area contributed by atoms with Crippen LogP contribution in [0.15, 0.2) is 67.0 Å². The van der Waals surface area contributed by atoms with Crippen LogP contribution >= 0.6 is 23.2 Å². The van der Waals surface area contributed by atoms with Gasteiger partial charge in [-0.2, -0.15) is 5.26 Å². The summed E-state index contributed by atoms with van der Waals surface area (Å²) in [6, 6.07) is 20.5. The monoisotopic (exact) mass is 740 g/mol. The van der Waals surface area contributed by atoms with Gasteiger partial charge in [0.25, 0.3) is 0 Å². The Labute approximate surface area is 315 Å². The summed E-state index contributed by atoms with van der Waals surface area (Å²) in [5.41, 5.74) is 6.87. The zero-order valence-corrected chi connectivity index (χ0v) is 30.7. The third kappa shape index (κ3) is 7.47. The highest BCUT2D eigenvalue weighted by Crippen LogP contribution is 2.50. The van der Waals surface area contributed by atoms with Gasteiger partial charge in [0, 0.05) is 72.8 Å². The normalized spacial score (nSPS) is 19.3. The molecule has 4 aromatic rings. The largest absolute Gasteiger partial charge is 0.492 e. The lowest BCUT2D eigenvalue weighted by atomic mass is 9.62. The maximum absolute atomic E-state index is 13.3. The molecule has 1 atom stereocenters. The molecular formula is C42H43Cl2FN4O3. The molecule has 7 nitrogen and oxygen atoms in total. The first-order valence-corrected chi connectivity index (χ1v) is 19.2.